The number of esters is 1. The van der Waals surface area contributed by atoms with Crippen molar-refractivity contribution in [2.24, 2.45) is 4.99 Å². The number of rotatable bonds is 4. The van der Waals surface area contributed by atoms with Crippen molar-refractivity contribution in [2.75, 3.05) is 6.61 Å². The Morgan fingerprint density at radius 2 is 2.11 bits per heavy atom. The fourth-order valence-electron chi connectivity index (χ4n) is 1.86. The van der Waals surface area contributed by atoms with Gasteiger partial charge in [-0.1, -0.05) is 30.3 Å². The Morgan fingerprint density at radius 1 is 1.39 bits per heavy atom. The fraction of sp³-hybridized carbons (Fsp3) is 0.429. The third-order valence-corrected chi connectivity index (χ3v) is 4.24. The van der Waals surface area contributed by atoms with Gasteiger partial charge < -0.3 is 4.74 Å². The highest BCUT2D eigenvalue weighted by Crippen LogP contribution is 2.32. The summed E-state index contributed by atoms with van der Waals surface area (Å²) < 4.78 is 4.99. The minimum Gasteiger partial charge on any atom is -0.466 e. The standard InChI is InChI=1S/C14H17NO2S/c1-3-17-13(16)9-12-10(2)15-14(18-12)11-7-5-4-6-8-11/h4-8,10,12H,3,9H2,1-2H3/t10-,12+/m0/s1. The molecule has 0 unspecified atom stereocenters. The summed E-state index contributed by atoms with van der Waals surface area (Å²) in [5.41, 5.74) is 1.13. The molecule has 2 rings (SSSR count). The minimum absolute atomic E-state index is 0.133. The molecule has 1 aliphatic heterocycles. The number of thioether (sulfide) groups is 1. The maximum atomic E-state index is 11.5. The van der Waals surface area contributed by atoms with E-state index in [1.807, 2.05) is 44.2 Å². The van der Waals surface area contributed by atoms with E-state index in [0.29, 0.717) is 13.0 Å². The van der Waals surface area contributed by atoms with Crippen molar-refractivity contribution in [3.8, 4) is 0 Å². The average molecular weight is 263 g/mol. The molecule has 3 nitrogen and oxygen atoms in total. The maximum Gasteiger partial charge on any atom is 0.306 e. The van der Waals surface area contributed by atoms with Gasteiger partial charge in [0.05, 0.1) is 24.1 Å². The van der Waals surface area contributed by atoms with Crippen molar-refractivity contribution >= 4 is 22.8 Å². The largest absolute Gasteiger partial charge is 0.466 e. The molecule has 0 saturated carbocycles. The molecule has 1 aromatic rings. The third-order valence-electron chi connectivity index (χ3n) is 2.82. The van der Waals surface area contributed by atoms with Gasteiger partial charge in [0.25, 0.3) is 0 Å². The van der Waals surface area contributed by atoms with Crippen LogP contribution in [0.5, 0.6) is 0 Å². The van der Waals surface area contributed by atoms with Crippen LogP contribution in [-0.2, 0) is 9.53 Å². The Bertz CT molecular complexity index is 444. The van der Waals surface area contributed by atoms with Crippen LogP contribution in [-0.4, -0.2) is 28.9 Å². The first kappa shape index (κ1) is 13.1. The number of carbonyl (C=O) groups is 1. The molecule has 1 heterocycles. The van der Waals surface area contributed by atoms with Gasteiger partial charge >= 0.3 is 5.97 Å². The van der Waals surface area contributed by atoms with Crippen molar-refractivity contribution in [1.29, 1.82) is 0 Å². The molecule has 0 fully saturated rings. The summed E-state index contributed by atoms with van der Waals surface area (Å²) in [6.07, 6.45) is 0.430. The second-order valence-electron chi connectivity index (χ2n) is 4.21. The zero-order chi connectivity index (χ0) is 13.0. The molecule has 2 atom stereocenters. The molecule has 4 heteroatoms. The van der Waals surface area contributed by atoms with Crippen LogP contribution in [0.15, 0.2) is 35.3 Å². The summed E-state index contributed by atoms with van der Waals surface area (Å²) in [6.45, 7) is 4.32. The van der Waals surface area contributed by atoms with Crippen LogP contribution in [0.2, 0.25) is 0 Å². The molecule has 0 saturated heterocycles. The summed E-state index contributed by atoms with van der Waals surface area (Å²) >= 11 is 1.68. The Morgan fingerprint density at radius 3 is 2.78 bits per heavy atom. The van der Waals surface area contributed by atoms with Gasteiger partial charge in [-0.25, -0.2) is 0 Å². The van der Waals surface area contributed by atoms with Crippen molar-refractivity contribution in [2.45, 2.75) is 31.6 Å². The molecule has 0 radical (unpaired) electrons. The van der Waals surface area contributed by atoms with E-state index in [9.17, 15) is 4.79 Å². The van der Waals surface area contributed by atoms with Gasteiger partial charge in [0.15, 0.2) is 0 Å². The van der Waals surface area contributed by atoms with E-state index in [0.717, 1.165) is 10.6 Å². The van der Waals surface area contributed by atoms with Gasteiger partial charge in [-0.15, -0.1) is 11.8 Å². The van der Waals surface area contributed by atoms with Crippen LogP contribution in [0.3, 0.4) is 0 Å². The number of aliphatic imine (C=N–C) groups is 1. The Kier molecular flexibility index (Phi) is 4.42. The lowest BCUT2D eigenvalue weighted by molar-refractivity contribution is -0.143. The van der Waals surface area contributed by atoms with E-state index >= 15 is 0 Å². The molecule has 0 bridgehead atoms. The molecule has 1 aromatic carbocycles. The van der Waals surface area contributed by atoms with Gasteiger partial charge in [0, 0.05) is 10.8 Å². The summed E-state index contributed by atoms with van der Waals surface area (Å²) in [7, 11) is 0. The van der Waals surface area contributed by atoms with E-state index in [-0.39, 0.29) is 17.3 Å². The summed E-state index contributed by atoms with van der Waals surface area (Å²) in [6, 6.07) is 10.2. The fourth-order valence-corrected chi connectivity index (χ4v) is 3.12. The highest BCUT2D eigenvalue weighted by atomic mass is 32.2. The maximum absolute atomic E-state index is 11.5. The molecular formula is C14H17NO2S. The topological polar surface area (TPSA) is 38.7 Å². The van der Waals surface area contributed by atoms with E-state index in [2.05, 4.69) is 4.99 Å². The minimum atomic E-state index is -0.133. The SMILES string of the molecule is CCOC(=O)C[C@H]1SC(c2ccccc2)=N[C@H]1C. The smallest absolute Gasteiger partial charge is 0.306 e. The van der Waals surface area contributed by atoms with Gasteiger partial charge in [-0.3, -0.25) is 9.79 Å². The van der Waals surface area contributed by atoms with Gasteiger partial charge in [0.2, 0.25) is 0 Å². The lowest BCUT2D eigenvalue weighted by Crippen LogP contribution is -2.19. The van der Waals surface area contributed by atoms with Crippen LogP contribution in [0.4, 0.5) is 0 Å². The predicted octanol–water partition coefficient (Wildman–Crippen LogP) is 2.89. The summed E-state index contributed by atoms with van der Waals surface area (Å²) in [4.78, 5) is 16.1. The highest BCUT2D eigenvalue weighted by Gasteiger charge is 2.29. The van der Waals surface area contributed by atoms with Crippen LogP contribution in [0, 0.1) is 0 Å². The normalized spacial score (nSPS) is 22.7. The lowest BCUT2D eigenvalue weighted by Gasteiger charge is -2.11. The number of carbonyl (C=O) groups excluding carboxylic acids is 1. The summed E-state index contributed by atoms with van der Waals surface area (Å²) in [5.74, 6) is -0.133. The average Bonchev–Trinajstić information content (AvgIpc) is 2.72. The molecule has 0 N–H and O–H groups in total. The van der Waals surface area contributed by atoms with Gasteiger partial charge in [-0.2, -0.15) is 0 Å². The monoisotopic (exact) mass is 263 g/mol. The van der Waals surface area contributed by atoms with Crippen molar-refractivity contribution < 1.29 is 9.53 Å². The third kappa shape index (κ3) is 3.13. The molecule has 0 aromatic heterocycles. The van der Waals surface area contributed by atoms with Crippen molar-refractivity contribution in [1.82, 2.24) is 0 Å². The Balaban J connectivity index is 1.99. The van der Waals surface area contributed by atoms with Crippen LogP contribution in [0.1, 0.15) is 25.8 Å². The lowest BCUT2D eigenvalue weighted by atomic mass is 10.2. The molecule has 0 aliphatic carbocycles. The zero-order valence-electron chi connectivity index (χ0n) is 10.6. The van der Waals surface area contributed by atoms with E-state index in [1.54, 1.807) is 11.8 Å². The highest BCUT2D eigenvalue weighted by molar-refractivity contribution is 8.15. The number of nitrogens with zero attached hydrogens (tertiary/aromatic N) is 1. The second-order valence-corrected chi connectivity index (χ2v) is 5.43. The first-order valence-corrected chi connectivity index (χ1v) is 7.04. The number of hydrogen-bond acceptors (Lipinski definition) is 4. The predicted molar refractivity (Wildman–Crippen MR) is 75.1 cm³/mol. The quantitative estimate of drug-likeness (QED) is 0.784. The molecule has 1 aliphatic rings. The van der Waals surface area contributed by atoms with E-state index in [4.69, 9.17) is 4.74 Å². The van der Waals surface area contributed by atoms with E-state index in [1.165, 1.54) is 0 Å². The van der Waals surface area contributed by atoms with Crippen LogP contribution in [0.25, 0.3) is 0 Å². The first-order valence-electron chi connectivity index (χ1n) is 6.16. The second kappa shape index (κ2) is 6.05. The molecular weight excluding hydrogens is 246 g/mol. The number of benzene rings is 1. The van der Waals surface area contributed by atoms with Crippen LogP contribution < -0.4 is 0 Å². The Hall–Kier alpha value is -1.29. The van der Waals surface area contributed by atoms with Gasteiger partial charge in [-0.05, 0) is 13.8 Å². The van der Waals surface area contributed by atoms with Gasteiger partial charge in [0.1, 0.15) is 0 Å². The van der Waals surface area contributed by atoms with Crippen LogP contribution >= 0.6 is 11.8 Å². The van der Waals surface area contributed by atoms with Crippen molar-refractivity contribution in [3.63, 3.8) is 0 Å². The zero-order valence-corrected chi connectivity index (χ0v) is 11.4. The Labute approximate surface area is 112 Å². The molecule has 18 heavy (non-hydrogen) atoms. The first-order chi connectivity index (χ1) is 8.70. The summed E-state index contributed by atoms with van der Waals surface area (Å²) in [5, 5.41) is 1.22. The molecule has 0 spiro atoms. The number of ether oxygens (including phenoxy) is 1. The van der Waals surface area contributed by atoms with Crippen molar-refractivity contribution in [3.05, 3.63) is 35.9 Å². The molecule has 96 valence electrons. The van der Waals surface area contributed by atoms with E-state index < -0.39 is 0 Å². The molecule has 0 amide bonds. The number of hydrogen-bond donors (Lipinski definition) is 0.